The van der Waals surface area contributed by atoms with Crippen LogP contribution in [0.25, 0.3) is 0 Å². The second-order valence-electron chi connectivity index (χ2n) is 5.40. The molecule has 2 rings (SSSR count). The molecule has 1 N–H and O–H groups in total. The zero-order chi connectivity index (χ0) is 13.3. The molecule has 96 valence electrons. The molecule has 1 aliphatic rings. The quantitative estimate of drug-likeness (QED) is 0.809. The highest BCUT2D eigenvalue weighted by Gasteiger charge is 2.20. The lowest BCUT2D eigenvalue weighted by Gasteiger charge is -2.25. The topological polar surface area (TPSA) is 24.4 Å². The Morgan fingerprint density at radius 3 is 2.17 bits per heavy atom. The third kappa shape index (κ3) is 2.75. The van der Waals surface area contributed by atoms with Crippen LogP contribution < -0.4 is 5.32 Å². The molecule has 1 aromatic rings. The van der Waals surface area contributed by atoms with Gasteiger partial charge < -0.3 is 5.32 Å². The van der Waals surface area contributed by atoms with E-state index in [1.807, 2.05) is 6.20 Å². The number of hydrogen-bond donors (Lipinski definition) is 1. The molecular weight excluding hydrogens is 234 g/mol. The maximum atomic E-state index is 13.1. The Bertz CT molecular complexity index is 493. The van der Waals surface area contributed by atoms with Crippen LogP contribution in [0.3, 0.4) is 0 Å². The zero-order valence-electron chi connectivity index (χ0n) is 10.7. The van der Waals surface area contributed by atoms with E-state index >= 15 is 0 Å². The highest BCUT2D eigenvalue weighted by molar-refractivity contribution is 5.81. The molecular formula is C14H16F2N2. The number of halogens is 2. The SMILES string of the molecule is CC(C)(C)C1=CNC(c2cc(F)cc(F)c2)N=C1. The van der Waals surface area contributed by atoms with Crippen molar-refractivity contribution in [2.75, 3.05) is 0 Å². The van der Waals surface area contributed by atoms with Crippen molar-refractivity contribution in [1.82, 2.24) is 5.32 Å². The molecule has 0 bridgehead atoms. The highest BCUT2D eigenvalue weighted by Crippen LogP contribution is 2.27. The fraction of sp³-hybridized carbons (Fsp3) is 0.357. The minimum atomic E-state index is -0.590. The van der Waals surface area contributed by atoms with E-state index in [-0.39, 0.29) is 5.41 Å². The number of allylic oxidation sites excluding steroid dienone is 1. The maximum Gasteiger partial charge on any atom is 0.144 e. The van der Waals surface area contributed by atoms with Gasteiger partial charge in [-0.15, -0.1) is 0 Å². The first-order chi connectivity index (χ1) is 8.36. The van der Waals surface area contributed by atoms with Crippen molar-refractivity contribution in [3.63, 3.8) is 0 Å². The van der Waals surface area contributed by atoms with Gasteiger partial charge in [0, 0.05) is 24.0 Å². The van der Waals surface area contributed by atoms with Crippen molar-refractivity contribution in [3.05, 3.63) is 47.2 Å². The van der Waals surface area contributed by atoms with Gasteiger partial charge in [-0.25, -0.2) is 8.78 Å². The first-order valence-corrected chi connectivity index (χ1v) is 5.82. The van der Waals surface area contributed by atoms with Crippen molar-refractivity contribution in [2.45, 2.75) is 26.9 Å². The van der Waals surface area contributed by atoms with Crippen LogP contribution in [0, 0.1) is 17.0 Å². The van der Waals surface area contributed by atoms with Crippen molar-refractivity contribution < 1.29 is 8.78 Å². The van der Waals surface area contributed by atoms with Gasteiger partial charge in [0.25, 0.3) is 0 Å². The molecule has 18 heavy (non-hydrogen) atoms. The van der Waals surface area contributed by atoms with Crippen LogP contribution in [0.5, 0.6) is 0 Å². The summed E-state index contributed by atoms with van der Waals surface area (Å²) in [6.45, 7) is 6.23. The Labute approximate surface area is 105 Å². The summed E-state index contributed by atoms with van der Waals surface area (Å²) >= 11 is 0. The van der Waals surface area contributed by atoms with E-state index in [4.69, 9.17) is 0 Å². The summed E-state index contributed by atoms with van der Waals surface area (Å²) in [5.74, 6) is -1.18. The van der Waals surface area contributed by atoms with Gasteiger partial charge in [-0.3, -0.25) is 4.99 Å². The summed E-state index contributed by atoms with van der Waals surface area (Å²) in [6.07, 6.45) is 3.17. The molecule has 0 fully saturated rings. The number of benzene rings is 1. The largest absolute Gasteiger partial charge is 0.366 e. The van der Waals surface area contributed by atoms with Crippen LogP contribution >= 0.6 is 0 Å². The van der Waals surface area contributed by atoms with Gasteiger partial charge in [-0.1, -0.05) is 20.8 Å². The van der Waals surface area contributed by atoms with E-state index in [0.29, 0.717) is 5.56 Å². The minimum absolute atomic E-state index is 0.00530. The molecule has 1 unspecified atom stereocenters. The van der Waals surface area contributed by atoms with Crippen LogP contribution in [0.15, 0.2) is 35.0 Å². The highest BCUT2D eigenvalue weighted by atomic mass is 19.1. The van der Waals surface area contributed by atoms with Crippen LogP contribution in [0.4, 0.5) is 8.78 Å². The van der Waals surface area contributed by atoms with Crippen LogP contribution in [-0.4, -0.2) is 6.21 Å². The summed E-state index contributed by atoms with van der Waals surface area (Å²) < 4.78 is 26.2. The average molecular weight is 250 g/mol. The summed E-state index contributed by atoms with van der Waals surface area (Å²) in [5, 5.41) is 3.05. The van der Waals surface area contributed by atoms with Crippen LogP contribution in [-0.2, 0) is 0 Å². The van der Waals surface area contributed by atoms with Gasteiger partial charge in [-0.2, -0.15) is 0 Å². The number of rotatable bonds is 1. The summed E-state index contributed by atoms with van der Waals surface area (Å²) in [6, 6.07) is 3.43. The van der Waals surface area contributed by atoms with E-state index in [1.54, 1.807) is 6.21 Å². The van der Waals surface area contributed by atoms with Gasteiger partial charge >= 0.3 is 0 Å². The fourth-order valence-electron chi connectivity index (χ4n) is 1.73. The van der Waals surface area contributed by atoms with Crippen molar-refractivity contribution in [1.29, 1.82) is 0 Å². The molecule has 2 nitrogen and oxygen atoms in total. The number of aliphatic imine (C=N–C) groups is 1. The summed E-state index contributed by atoms with van der Waals surface area (Å²) in [7, 11) is 0. The normalized spacial score (nSPS) is 19.4. The van der Waals surface area contributed by atoms with E-state index < -0.39 is 17.8 Å². The Balaban J connectivity index is 2.20. The first kappa shape index (κ1) is 12.7. The molecule has 0 radical (unpaired) electrons. The second-order valence-corrected chi connectivity index (χ2v) is 5.40. The molecule has 0 saturated carbocycles. The molecule has 4 heteroatoms. The standard InChI is InChI=1S/C14H16F2N2/c1-14(2,3)10-7-17-13(18-8-10)9-4-11(15)6-12(16)5-9/h4-8,13,17H,1-3H3. The van der Waals surface area contributed by atoms with E-state index in [0.717, 1.165) is 11.6 Å². The molecule has 0 spiro atoms. The van der Waals surface area contributed by atoms with E-state index in [1.165, 1.54) is 12.1 Å². The first-order valence-electron chi connectivity index (χ1n) is 5.82. The maximum absolute atomic E-state index is 13.1. The van der Waals surface area contributed by atoms with E-state index in [9.17, 15) is 8.78 Å². The van der Waals surface area contributed by atoms with Crippen LogP contribution in [0.1, 0.15) is 32.5 Å². The number of hydrogen-bond acceptors (Lipinski definition) is 2. The Kier molecular flexibility index (Phi) is 3.20. The third-order valence-electron chi connectivity index (χ3n) is 2.83. The van der Waals surface area contributed by atoms with Crippen LogP contribution in [0.2, 0.25) is 0 Å². The fourth-order valence-corrected chi connectivity index (χ4v) is 1.73. The molecule has 1 aliphatic heterocycles. The lowest BCUT2D eigenvalue weighted by atomic mass is 9.87. The Hall–Kier alpha value is -1.71. The minimum Gasteiger partial charge on any atom is -0.366 e. The van der Waals surface area contributed by atoms with Crippen molar-refractivity contribution in [3.8, 4) is 0 Å². The molecule has 1 heterocycles. The molecule has 0 amide bonds. The van der Waals surface area contributed by atoms with E-state index in [2.05, 4.69) is 31.1 Å². The Morgan fingerprint density at radius 2 is 1.72 bits per heavy atom. The average Bonchev–Trinajstić information content (AvgIpc) is 2.27. The molecule has 1 atom stereocenters. The Morgan fingerprint density at radius 1 is 1.11 bits per heavy atom. The lowest BCUT2D eigenvalue weighted by Crippen LogP contribution is -2.23. The third-order valence-corrected chi connectivity index (χ3v) is 2.83. The van der Waals surface area contributed by atoms with Crippen molar-refractivity contribution in [2.24, 2.45) is 10.4 Å². The van der Waals surface area contributed by atoms with Gasteiger partial charge in [-0.05, 0) is 23.1 Å². The van der Waals surface area contributed by atoms with Gasteiger partial charge in [0.05, 0.1) is 0 Å². The van der Waals surface area contributed by atoms with Gasteiger partial charge in [0.1, 0.15) is 17.8 Å². The van der Waals surface area contributed by atoms with Gasteiger partial charge in [0.15, 0.2) is 0 Å². The molecule has 0 saturated heterocycles. The van der Waals surface area contributed by atoms with Gasteiger partial charge in [0.2, 0.25) is 0 Å². The molecule has 0 aromatic heterocycles. The summed E-state index contributed by atoms with van der Waals surface area (Å²) in [4.78, 5) is 4.29. The number of nitrogens with one attached hydrogen (secondary N) is 1. The predicted molar refractivity (Wildman–Crippen MR) is 68.3 cm³/mol. The second kappa shape index (κ2) is 4.52. The predicted octanol–water partition coefficient (Wildman–Crippen LogP) is 3.57. The molecule has 0 aliphatic carbocycles. The lowest BCUT2D eigenvalue weighted by molar-refractivity contribution is 0.507. The molecule has 1 aromatic carbocycles. The summed E-state index contributed by atoms with van der Waals surface area (Å²) in [5.41, 5.74) is 1.53. The van der Waals surface area contributed by atoms with Crippen molar-refractivity contribution >= 4 is 6.21 Å². The number of nitrogens with zero attached hydrogens (tertiary/aromatic N) is 1. The monoisotopic (exact) mass is 250 g/mol. The smallest absolute Gasteiger partial charge is 0.144 e. The zero-order valence-corrected chi connectivity index (χ0v) is 10.7.